The molecule has 0 aliphatic heterocycles. The lowest BCUT2D eigenvalue weighted by Gasteiger charge is -2.29. The Bertz CT molecular complexity index is 436. The summed E-state index contributed by atoms with van der Waals surface area (Å²) in [4.78, 5) is 11.5. The number of nitrogens with one attached hydrogen (secondary N) is 1. The molecule has 0 unspecified atom stereocenters. The van der Waals surface area contributed by atoms with Crippen molar-refractivity contribution < 1.29 is 4.79 Å². The molecule has 0 spiro atoms. The Hall–Kier alpha value is -1.35. The standard InChI is InChI=1S/C16H24N2O/c1-16(2,3)14(15(17)19)18-10-12-9-13(12)11-7-5-4-6-8-11/h4-8,12-14,18H,9-10H2,1-3H3,(H2,17,19)/t12-,13+,14+/m0/s1. The Kier molecular flexibility index (Phi) is 3.95. The second-order valence-electron chi connectivity index (χ2n) is 6.62. The van der Waals surface area contributed by atoms with Gasteiger partial charge in [-0.15, -0.1) is 0 Å². The van der Waals surface area contributed by atoms with Crippen molar-refractivity contribution in [2.45, 2.75) is 39.2 Å². The fourth-order valence-electron chi connectivity index (χ4n) is 2.68. The molecule has 104 valence electrons. The van der Waals surface area contributed by atoms with Gasteiger partial charge in [0.25, 0.3) is 0 Å². The summed E-state index contributed by atoms with van der Waals surface area (Å²) in [5.74, 6) is 1.01. The van der Waals surface area contributed by atoms with E-state index in [9.17, 15) is 4.79 Å². The van der Waals surface area contributed by atoms with Gasteiger partial charge in [-0.25, -0.2) is 0 Å². The molecule has 0 saturated heterocycles. The number of benzene rings is 1. The molecule has 1 saturated carbocycles. The number of primary amides is 1. The highest BCUT2D eigenvalue weighted by Crippen LogP contribution is 2.46. The molecule has 0 aromatic heterocycles. The molecule has 0 bridgehead atoms. The van der Waals surface area contributed by atoms with Crippen LogP contribution in [-0.4, -0.2) is 18.5 Å². The van der Waals surface area contributed by atoms with Crippen LogP contribution in [0.3, 0.4) is 0 Å². The van der Waals surface area contributed by atoms with Crippen molar-refractivity contribution in [1.29, 1.82) is 0 Å². The van der Waals surface area contributed by atoms with Gasteiger partial charge in [-0.05, 0) is 35.8 Å². The zero-order valence-electron chi connectivity index (χ0n) is 12.0. The lowest BCUT2D eigenvalue weighted by Crippen LogP contribution is -2.50. The zero-order chi connectivity index (χ0) is 14.0. The average molecular weight is 260 g/mol. The number of hydrogen-bond donors (Lipinski definition) is 2. The molecule has 1 aliphatic rings. The largest absolute Gasteiger partial charge is 0.368 e. The van der Waals surface area contributed by atoms with Gasteiger partial charge in [0, 0.05) is 0 Å². The van der Waals surface area contributed by atoms with E-state index in [1.807, 2.05) is 26.8 Å². The maximum Gasteiger partial charge on any atom is 0.235 e. The maximum atomic E-state index is 11.5. The third-order valence-electron chi connectivity index (χ3n) is 3.89. The lowest BCUT2D eigenvalue weighted by atomic mass is 9.86. The summed E-state index contributed by atoms with van der Waals surface area (Å²) in [7, 11) is 0. The van der Waals surface area contributed by atoms with Crippen LogP contribution in [0.5, 0.6) is 0 Å². The molecule has 0 radical (unpaired) electrons. The monoisotopic (exact) mass is 260 g/mol. The SMILES string of the molecule is CC(C)(C)[C@H](NC[C@@H]1C[C@@H]1c1ccccc1)C(N)=O. The smallest absolute Gasteiger partial charge is 0.235 e. The first-order valence-electron chi connectivity index (χ1n) is 6.97. The van der Waals surface area contributed by atoms with Crippen molar-refractivity contribution in [1.82, 2.24) is 5.32 Å². The number of carbonyl (C=O) groups excluding carboxylic acids is 1. The minimum Gasteiger partial charge on any atom is -0.368 e. The Morgan fingerprint density at radius 1 is 1.37 bits per heavy atom. The molecule has 3 atom stereocenters. The molecule has 19 heavy (non-hydrogen) atoms. The quantitative estimate of drug-likeness (QED) is 0.853. The summed E-state index contributed by atoms with van der Waals surface area (Å²) in [6.07, 6.45) is 1.20. The molecule has 1 amide bonds. The molecule has 0 heterocycles. The van der Waals surface area contributed by atoms with Gasteiger partial charge >= 0.3 is 0 Å². The summed E-state index contributed by atoms with van der Waals surface area (Å²) < 4.78 is 0. The van der Waals surface area contributed by atoms with E-state index in [4.69, 9.17) is 5.73 Å². The van der Waals surface area contributed by atoms with Crippen molar-refractivity contribution in [3.05, 3.63) is 35.9 Å². The Morgan fingerprint density at radius 3 is 2.53 bits per heavy atom. The fourth-order valence-corrected chi connectivity index (χ4v) is 2.68. The van der Waals surface area contributed by atoms with E-state index in [1.54, 1.807) is 0 Å². The molecule has 1 aliphatic carbocycles. The van der Waals surface area contributed by atoms with Crippen LogP contribution in [0, 0.1) is 11.3 Å². The first-order chi connectivity index (χ1) is 8.89. The van der Waals surface area contributed by atoms with Crippen molar-refractivity contribution in [2.24, 2.45) is 17.1 Å². The van der Waals surface area contributed by atoms with Crippen molar-refractivity contribution in [3.8, 4) is 0 Å². The molecule has 1 fully saturated rings. The van der Waals surface area contributed by atoms with E-state index in [-0.39, 0.29) is 17.4 Å². The van der Waals surface area contributed by atoms with E-state index >= 15 is 0 Å². The van der Waals surface area contributed by atoms with Crippen LogP contribution in [0.2, 0.25) is 0 Å². The van der Waals surface area contributed by atoms with Gasteiger partial charge in [0.05, 0.1) is 6.04 Å². The Morgan fingerprint density at radius 2 is 2.00 bits per heavy atom. The molecule has 3 N–H and O–H groups in total. The number of rotatable bonds is 5. The van der Waals surface area contributed by atoms with Gasteiger partial charge < -0.3 is 11.1 Å². The Labute approximate surface area is 115 Å². The van der Waals surface area contributed by atoms with Crippen molar-refractivity contribution in [3.63, 3.8) is 0 Å². The third-order valence-corrected chi connectivity index (χ3v) is 3.89. The highest BCUT2D eigenvalue weighted by molar-refractivity contribution is 5.80. The highest BCUT2D eigenvalue weighted by Gasteiger charge is 2.39. The lowest BCUT2D eigenvalue weighted by molar-refractivity contribution is -0.122. The molecule has 1 aromatic rings. The zero-order valence-corrected chi connectivity index (χ0v) is 12.0. The van der Waals surface area contributed by atoms with Gasteiger partial charge in [0.15, 0.2) is 0 Å². The maximum absolute atomic E-state index is 11.5. The Balaban J connectivity index is 1.86. The average Bonchev–Trinajstić information content (AvgIpc) is 3.08. The minimum atomic E-state index is -0.260. The van der Waals surface area contributed by atoms with Gasteiger partial charge in [-0.1, -0.05) is 51.1 Å². The van der Waals surface area contributed by atoms with Crippen LogP contribution in [0.25, 0.3) is 0 Å². The first-order valence-corrected chi connectivity index (χ1v) is 6.97. The van der Waals surface area contributed by atoms with E-state index < -0.39 is 0 Å². The number of nitrogens with two attached hydrogens (primary N) is 1. The third kappa shape index (κ3) is 3.57. The summed E-state index contributed by atoms with van der Waals surface area (Å²) in [5.41, 5.74) is 6.74. The number of hydrogen-bond acceptors (Lipinski definition) is 2. The van der Waals surface area contributed by atoms with Gasteiger partial charge in [0.1, 0.15) is 0 Å². The van der Waals surface area contributed by atoms with Crippen LogP contribution in [0.15, 0.2) is 30.3 Å². The first kappa shape index (κ1) is 14.1. The van der Waals surface area contributed by atoms with Gasteiger partial charge in [0.2, 0.25) is 5.91 Å². The highest BCUT2D eigenvalue weighted by atomic mass is 16.1. The molecular formula is C16H24N2O. The van der Waals surface area contributed by atoms with Crippen LogP contribution < -0.4 is 11.1 Å². The van der Waals surface area contributed by atoms with E-state index in [1.165, 1.54) is 12.0 Å². The predicted molar refractivity (Wildman–Crippen MR) is 77.7 cm³/mol. The molecule has 3 heteroatoms. The summed E-state index contributed by atoms with van der Waals surface area (Å²) >= 11 is 0. The molecule has 1 aromatic carbocycles. The van der Waals surface area contributed by atoms with Crippen molar-refractivity contribution >= 4 is 5.91 Å². The van der Waals surface area contributed by atoms with E-state index in [0.29, 0.717) is 11.8 Å². The van der Waals surface area contributed by atoms with Crippen LogP contribution in [-0.2, 0) is 4.79 Å². The molecule has 3 nitrogen and oxygen atoms in total. The van der Waals surface area contributed by atoms with E-state index in [0.717, 1.165) is 6.54 Å². The van der Waals surface area contributed by atoms with Gasteiger partial charge in [-0.2, -0.15) is 0 Å². The van der Waals surface area contributed by atoms with Crippen LogP contribution >= 0.6 is 0 Å². The summed E-state index contributed by atoms with van der Waals surface area (Å²) in [5, 5.41) is 3.35. The second kappa shape index (κ2) is 5.33. The summed E-state index contributed by atoms with van der Waals surface area (Å²) in [6.45, 7) is 6.98. The topological polar surface area (TPSA) is 55.1 Å². The fraction of sp³-hybridized carbons (Fsp3) is 0.562. The van der Waals surface area contributed by atoms with Crippen LogP contribution in [0.4, 0.5) is 0 Å². The van der Waals surface area contributed by atoms with Crippen molar-refractivity contribution in [2.75, 3.05) is 6.54 Å². The normalized spacial score (nSPS) is 23.9. The van der Waals surface area contributed by atoms with E-state index in [2.05, 4.69) is 29.6 Å². The molecule has 2 rings (SSSR count). The molecular weight excluding hydrogens is 236 g/mol. The summed E-state index contributed by atoms with van der Waals surface area (Å²) in [6, 6.07) is 10.3. The number of amides is 1. The minimum absolute atomic E-state index is 0.136. The van der Waals surface area contributed by atoms with Crippen LogP contribution in [0.1, 0.15) is 38.7 Å². The predicted octanol–water partition coefficient (Wildman–Crippen LogP) is 2.28. The number of carbonyl (C=O) groups is 1. The van der Waals surface area contributed by atoms with Gasteiger partial charge in [-0.3, -0.25) is 4.79 Å². The second-order valence-corrected chi connectivity index (χ2v) is 6.62.